The number of amides is 1. The van der Waals surface area contributed by atoms with Gasteiger partial charge in [-0.15, -0.1) is 0 Å². The first-order valence-corrected chi connectivity index (χ1v) is 6.27. The quantitative estimate of drug-likeness (QED) is 0.700. The molecule has 1 aliphatic rings. The first-order valence-electron chi connectivity index (χ1n) is 6.27. The lowest BCUT2D eigenvalue weighted by Gasteiger charge is -2.34. The Morgan fingerprint density at radius 1 is 1.18 bits per heavy atom. The van der Waals surface area contributed by atoms with E-state index in [9.17, 15) is 4.79 Å². The molecule has 1 rings (SSSR count). The van der Waals surface area contributed by atoms with Gasteiger partial charge >= 0.3 is 0 Å². The number of carbonyl (C=O) groups is 1. The average Bonchev–Trinajstić information content (AvgIpc) is 2.18. The van der Waals surface area contributed by atoms with Gasteiger partial charge in [0.15, 0.2) is 0 Å². The third kappa shape index (κ3) is 6.00. The van der Waals surface area contributed by atoms with E-state index in [0.29, 0.717) is 6.54 Å². The molecule has 1 fully saturated rings. The molecule has 0 aromatic rings. The molecule has 0 bridgehead atoms. The number of carbonyl (C=O) groups excluding carboxylic acids is 1. The normalized spacial score (nSPS) is 19.3. The van der Waals surface area contributed by atoms with Crippen LogP contribution in [0.2, 0.25) is 0 Å². The molecule has 1 saturated heterocycles. The number of rotatable bonds is 4. The highest BCUT2D eigenvalue weighted by Gasteiger charge is 2.20. The van der Waals surface area contributed by atoms with E-state index in [4.69, 9.17) is 5.11 Å². The maximum absolute atomic E-state index is 11.7. The maximum atomic E-state index is 11.7. The summed E-state index contributed by atoms with van der Waals surface area (Å²) in [6, 6.07) is 0. The summed E-state index contributed by atoms with van der Waals surface area (Å²) in [7, 11) is 0. The highest BCUT2D eigenvalue weighted by molar-refractivity contribution is 5.78. The van der Waals surface area contributed by atoms with E-state index < -0.39 is 0 Å². The van der Waals surface area contributed by atoms with Gasteiger partial charge in [0, 0.05) is 38.3 Å². The van der Waals surface area contributed by atoms with Gasteiger partial charge in [0.1, 0.15) is 0 Å². The lowest BCUT2D eigenvalue weighted by molar-refractivity contribution is -0.124. The Balaban J connectivity index is 2.24. The van der Waals surface area contributed by atoms with Crippen LogP contribution in [-0.2, 0) is 4.79 Å². The zero-order valence-corrected chi connectivity index (χ0v) is 11.2. The van der Waals surface area contributed by atoms with Crippen molar-refractivity contribution in [3.8, 4) is 0 Å². The Bertz CT molecular complexity index is 243. The zero-order valence-electron chi connectivity index (χ0n) is 11.2. The summed E-state index contributed by atoms with van der Waals surface area (Å²) in [5.74, 6) is 0.0908. The molecule has 0 saturated carbocycles. The smallest absolute Gasteiger partial charge is 0.234 e. The molecule has 1 heterocycles. The minimum absolute atomic E-state index is 0.0908. The van der Waals surface area contributed by atoms with Gasteiger partial charge in [-0.1, -0.05) is 0 Å². The molecule has 0 aromatic heterocycles. The van der Waals surface area contributed by atoms with Crippen molar-refractivity contribution < 1.29 is 9.90 Å². The van der Waals surface area contributed by atoms with E-state index in [1.165, 1.54) is 0 Å². The van der Waals surface area contributed by atoms with Crippen LogP contribution in [0, 0.1) is 0 Å². The van der Waals surface area contributed by atoms with Gasteiger partial charge in [-0.05, 0) is 20.8 Å². The van der Waals surface area contributed by atoms with Crippen LogP contribution in [0.3, 0.4) is 0 Å². The minimum atomic E-state index is -0.157. The summed E-state index contributed by atoms with van der Waals surface area (Å²) >= 11 is 0. The van der Waals surface area contributed by atoms with E-state index >= 15 is 0 Å². The standard InChI is InChI=1S/C12H25N3O2/c1-12(2,3)13-11(17)10-15-6-4-14(5-7-15)8-9-16/h16H,4-10H2,1-3H3,(H,13,17). The molecule has 0 spiro atoms. The van der Waals surface area contributed by atoms with E-state index in [1.807, 2.05) is 20.8 Å². The molecule has 17 heavy (non-hydrogen) atoms. The van der Waals surface area contributed by atoms with Gasteiger partial charge in [0.2, 0.25) is 5.91 Å². The molecule has 0 radical (unpaired) electrons. The van der Waals surface area contributed by atoms with Crippen LogP contribution in [0.4, 0.5) is 0 Å². The fourth-order valence-corrected chi connectivity index (χ4v) is 1.97. The van der Waals surface area contributed by atoms with Crippen LogP contribution in [-0.4, -0.2) is 72.2 Å². The van der Waals surface area contributed by atoms with Crippen molar-refractivity contribution in [1.82, 2.24) is 15.1 Å². The Hall–Kier alpha value is -0.650. The highest BCUT2D eigenvalue weighted by Crippen LogP contribution is 2.02. The topological polar surface area (TPSA) is 55.8 Å². The third-order valence-corrected chi connectivity index (χ3v) is 2.76. The zero-order chi connectivity index (χ0) is 12.9. The van der Waals surface area contributed by atoms with Crippen LogP contribution in [0.15, 0.2) is 0 Å². The van der Waals surface area contributed by atoms with E-state index in [0.717, 1.165) is 32.7 Å². The maximum Gasteiger partial charge on any atom is 0.234 e. The molecule has 0 aliphatic carbocycles. The van der Waals surface area contributed by atoms with Crippen LogP contribution >= 0.6 is 0 Å². The lowest BCUT2D eigenvalue weighted by Crippen LogP contribution is -2.52. The molecule has 0 unspecified atom stereocenters. The Morgan fingerprint density at radius 3 is 2.18 bits per heavy atom. The monoisotopic (exact) mass is 243 g/mol. The second-order valence-electron chi connectivity index (χ2n) is 5.64. The Kier molecular flexibility index (Phi) is 5.36. The summed E-state index contributed by atoms with van der Waals surface area (Å²) < 4.78 is 0. The van der Waals surface area contributed by atoms with Crippen LogP contribution in [0.5, 0.6) is 0 Å². The number of β-amino-alcohol motifs (C(OH)–C–C–N with tert-alkyl or cyclic N) is 1. The predicted molar refractivity (Wildman–Crippen MR) is 67.9 cm³/mol. The molecule has 0 aromatic carbocycles. The van der Waals surface area contributed by atoms with Crippen molar-refractivity contribution in [2.24, 2.45) is 0 Å². The van der Waals surface area contributed by atoms with Gasteiger partial charge in [-0.3, -0.25) is 14.6 Å². The highest BCUT2D eigenvalue weighted by atomic mass is 16.3. The number of nitrogens with zero attached hydrogens (tertiary/aromatic N) is 2. The predicted octanol–water partition coefficient (Wildman–Crippen LogP) is -0.489. The first-order chi connectivity index (χ1) is 7.90. The minimum Gasteiger partial charge on any atom is -0.395 e. The molecule has 2 N–H and O–H groups in total. The fourth-order valence-electron chi connectivity index (χ4n) is 1.97. The van der Waals surface area contributed by atoms with Gasteiger partial charge in [-0.2, -0.15) is 0 Å². The summed E-state index contributed by atoms with van der Waals surface area (Å²) in [5, 5.41) is 11.8. The molecule has 100 valence electrons. The Labute approximate surface area is 104 Å². The van der Waals surface area contributed by atoms with E-state index in [1.54, 1.807) is 0 Å². The average molecular weight is 243 g/mol. The number of nitrogens with one attached hydrogen (secondary N) is 1. The van der Waals surface area contributed by atoms with Gasteiger partial charge < -0.3 is 10.4 Å². The number of aliphatic hydroxyl groups excluding tert-OH is 1. The molecule has 0 atom stereocenters. The van der Waals surface area contributed by atoms with E-state index in [2.05, 4.69) is 15.1 Å². The van der Waals surface area contributed by atoms with E-state index in [-0.39, 0.29) is 18.1 Å². The van der Waals surface area contributed by atoms with Gasteiger partial charge in [-0.25, -0.2) is 0 Å². The number of aliphatic hydroxyl groups is 1. The SMILES string of the molecule is CC(C)(C)NC(=O)CN1CCN(CCO)CC1. The number of hydrogen-bond donors (Lipinski definition) is 2. The van der Waals surface area contributed by atoms with Crippen molar-refractivity contribution in [3.05, 3.63) is 0 Å². The second kappa shape index (κ2) is 6.33. The first kappa shape index (κ1) is 14.4. The van der Waals surface area contributed by atoms with Gasteiger partial charge in [0.25, 0.3) is 0 Å². The summed E-state index contributed by atoms with van der Waals surface area (Å²) in [4.78, 5) is 16.1. The van der Waals surface area contributed by atoms with Crippen LogP contribution < -0.4 is 5.32 Å². The van der Waals surface area contributed by atoms with Crippen LogP contribution in [0.25, 0.3) is 0 Å². The van der Waals surface area contributed by atoms with Gasteiger partial charge in [0.05, 0.1) is 13.2 Å². The molecule has 1 amide bonds. The molecular formula is C12H25N3O2. The lowest BCUT2D eigenvalue weighted by atomic mass is 10.1. The number of piperazine rings is 1. The molecule has 5 nitrogen and oxygen atoms in total. The van der Waals surface area contributed by atoms with Crippen molar-refractivity contribution in [2.75, 3.05) is 45.9 Å². The van der Waals surface area contributed by atoms with Crippen LogP contribution in [0.1, 0.15) is 20.8 Å². The molecular weight excluding hydrogens is 218 g/mol. The van der Waals surface area contributed by atoms with Crippen molar-refractivity contribution in [1.29, 1.82) is 0 Å². The fraction of sp³-hybridized carbons (Fsp3) is 0.917. The molecule has 1 aliphatic heterocycles. The summed E-state index contributed by atoms with van der Waals surface area (Å²) in [6.07, 6.45) is 0. The largest absolute Gasteiger partial charge is 0.395 e. The van der Waals surface area contributed by atoms with Crippen molar-refractivity contribution in [3.63, 3.8) is 0 Å². The number of hydrogen-bond acceptors (Lipinski definition) is 4. The third-order valence-electron chi connectivity index (χ3n) is 2.76. The summed E-state index contributed by atoms with van der Waals surface area (Å²) in [5.41, 5.74) is -0.157. The summed E-state index contributed by atoms with van der Waals surface area (Å²) in [6.45, 7) is 11.1. The second-order valence-corrected chi connectivity index (χ2v) is 5.64. The Morgan fingerprint density at radius 2 is 1.71 bits per heavy atom. The van der Waals surface area contributed by atoms with Crippen molar-refractivity contribution >= 4 is 5.91 Å². The molecule has 5 heteroatoms. The van der Waals surface area contributed by atoms with Crippen molar-refractivity contribution in [2.45, 2.75) is 26.3 Å².